The van der Waals surface area contributed by atoms with Gasteiger partial charge in [-0.2, -0.15) is 4.39 Å². The van der Waals surface area contributed by atoms with Crippen LogP contribution in [0.2, 0.25) is 10.0 Å². The van der Waals surface area contributed by atoms with Crippen LogP contribution in [0.4, 0.5) is 4.39 Å². The Balaban J connectivity index is 1.57. The Morgan fingerprint density at radius 1 is 1.00 bits per heavy atom. The molecule has 1 unspecified atom stereocenters. The highest BCUT2D eigenvalue weighted by Gasteiger charge is 2.52. The van der Waals surface area contributed by atoms with E-state index in [1.165, 1.54) is 13.0 Å². The lowest BCUT2D eigenvalue weighted by Gasteiger charge is -2.49. The van der Waals surface area contributed by atoms with E-state index in [0.29, 0.717) is 22.3 Å². The number of nitrogens with one attached hydrogen (secondary N) is 1. The van der Waals surface area contributed by atoms with Crippen LogP contribution < -0.4 is 5.32 Å². The van der Waals surface area contributed by atoms with Gasteiger partial charge in [-0.1, -0.05) is 65.7 Å². The zero-order valence-electron chi connectivity index (χ0n) is 19.6. The molecule has 2 aromatic carbocycles. The molecule has 3 atom stereocenters. The topological polar surface area (TPSA) is 45.2 Å². The van der Waals surface area contributed by atoms with Crippen LogP contribution in [0.25, 0.3) is 0 Å². The fraction of sp³-hybridized carbons (Fsp3) is 0.357. The van der Waals surface area contributed by atoms with Crippen LogP contribution in [0.1, 0.15) is 55.5 Å². The third kappa shape index (κ3) is 4.69. The minimum atomic E-state index is -0.496. The molecule has 2 aliphatic rings. The normalized spacial score (nSPS) is 24.0. The maximum atomic E-state index is 14.2. The van der Waals surface area contributed by atoms with Gasteiger partial charge >= 0.3 is 0 Å². The van der Waals surface area contributed by atoms with E-state index in [9.17, 15) is 9.18 Å². The second kappa shape index (κ2) is 9.88. The fourth-order valence-electron chi connectivity index (χ4n) is 6.13. The third-order valence-electron chi connectivity index (χ3n) is 7.56. The average Bonchev–Trinajstić information content (AvgIpc) is 3.10. The first-order valence-electron chi connectivity index (χ1n) is 12.0. The summed E-state index contributed by atoms with van der Waals surface area (Å²) in [4.78, 5) is 18.7. The summed E-state index contributed by atoms with van der Waals surface area (Å²) in [6, 6.07) is 21.1. The smallest absolute Gasteiger partial charge is 0.216 e. The van der Waals surface area contributed by atoms with Crippen LogP contribution in [0.15, 0.2) is 66.7 Å². The number of carbonyl (C=O) groups is 1. The predicted octanol–water partition coefficient (Wildman–Crippen LogP) is 6.32. The van der Waals surface area contributed by atoms with Gasteiger partial charge in [-0.25, -0.2) is 4.98 Å². The van der Waals surface area contributed by atoms with E-state index in [1.807, 2.05) is 42.5 Å². The van der Waals surface area contributed by atoms with Crippen molar-refractivity contribution in [1.82, 2.24) is 15.2 Å². The van der Waals surface area contributed by atoms with E-state index in [4.69, 9.17) is 23.2 Å². The Labute approximate surface area is 215 Å². The molecule has 0 radical (unpaired) electrons. The molecule has 1 N–H and O–H groups in total. The molecule has 2 bridgehead atoms. The highest BCUT2D eigenvalue weighted by Crippen LogP contribution is 2.52. The lowest BCUT2D eigenvalue weighted by molar-refractivity contribution is -0.119. The number of pyridine rings is 1. The minimum absolute atomic E-state index is 0.0967. The van der Waals surface area contributed by atoms with Crippen LogP contribution >= 0.6 is 23.2 Å². The first kappa shape index (κ1) is 24.2. The summed E-state index contributed by atoms with van der Waals surface area (Å²) in [7, 11) is 0. The van der Waals surface area contributed by atoms with Crippen LogP contribution in [0, 0.1) is 5.95 Å². The molecule has 7 heteroatoms. The van der Waals surface area contributed by atoms with E-state index in [2.05, 4.69) is 27.3 Å². The van der Waals surface area contributed by atoms with Gasteiger partial charge in [-0.3, -0.25) is 9.69 Å². The number of hydrogen-bond donors (Lipinski definition) is 1. The van der Waals surface area contributed by atoms with Crippen molar-refractivity contribution in [3.05, 3.63) is 99.5 Å². The van der Waals surface area contributed by atoms with Crippen molar-refractivity contribution < 1.29 is 9.18 Å². The van der Waals surface area contributed by atoms with Gasteiger partial charge in [0, 0.05) is 41.0 Å². The van der Waals surface area contributed by atoms with Gasteiger partial charge in [0.2, 0.25) is 11.9 Å². The number of carbonyl (C=O) groups excluding carboxylic acids is 1. The molecule has 5 rings (SSSR count). The molecule has 3 heterocycles. The number of benzene rings is 2. The lowest BCUT2D eigenvalue weighted by Crippen LogP contribution is -2.55. The highest BCUT2D eigenvalue weighted by molar-refractivity contribution is 6.32. The molecule has 35 heavy (non-hydrogen) atoms. The maximum absolute atomic E-state index is 14.2. The van der Waals surface area contributed by atoms with E-state index in [1.54, 1.807) is 6.07 Å². The Morgan fingerprint density at radius 2 is 1.57 bits per heavy atom. The van der Waals surface area contributed by atoms with Crippen molar-refractivity contribution in [3.63, 3.8) is 0 Å². The van der Waals surface area contributed by atoms with E-state index in [0.717, 1.165) is 36.8 Å². The van der Waals surface area contributed by atoms with Crippen LogP contribution in [0.3, 0.4) is 0 Å². The number of amides is 1. The molecule has 0 saturated carbocycles. The molecular weight excluding hydrogens is 484 g/mol. The Bertz CT molecular complexity index is 1180. The number of halogens is 3. The molecular formula is C28H28Cl2FN3O. The molecule has 0 spiro atoms. The second-order valence-electron chi connectivity index (χ2n) is 9.72. The zero-order valence-corrected chi connectivity index (χ0v) is 21.1. The van der Waals surface area contributed by atoms with Crippen molar-refractivity contribution >= 4 is 29.1 Å². The average molecular weight is 512 g/mol. The zero-order chi connectivity index (χ0) is 24.6. The monoisotopic (exact) mass is 511 g/mol. The summed E-state index contributed by atoms with van der Waals surface area (Å²) in [5, 5.41) is 4.42. The first-order chi connectivity index (χ1) is 16.9. The molecule has 0 aliphatic carbocycles. The summed E-state index contributed by atoms with van der Waals surface area (Å²) >= 11 is 13.5. The number of piperidine rings is 1. The molecule has 2 aliphatic heterocycles. The molecule has 182 valence electrons. The summed E-state index contributed by atoms with van der Waals surface area (Å²) in [5.41, 5.74) is 2.31. The SMILES string of the molecule is CC(=O)NCC1(c2cccc(F)n2)C[C@H]2CC[C@@H](C1)N2C(c1ccccc1Cl)c1ccccc1Cl. The maximum Gasteiger partial charge on any atom is 0.216 e. The number of rotatable bonds is 6. The van der Waals surface area contributed by atoms with Gasteiger partial charge in [-0.15, -0.1) is 0 Å². The van der Waals surface area contributed by atoms with Gasteiger partial charge in [0.25, 0.3) is 0 Å². The number of aromatic nitrogens is 1. The van der Waals surface area contributed by atoms with Gasteiger partial charge in [0.05, 0.1) is 11.7 Å². The number of fused-ring (bicyclic) bond motifs is 2. The van der Waals surface area contributed by atoms with Crippen LogP contribution in [-0.2, 0) is 10.2 Å². The van der Waals surface area contributed by atoms with Crippen molar-refractivity contribution in [2.24, 2.45) is 0 Å². The van der Waals surface area contributed by atoms with E-state index in [-0.39, 0.29) is 24.0 Å². The van der Waals surface area contributed by atoms with Crippen LogP contribution in [0.5, 0.6) is 0 Å². The third-order valence-corrected chi connectivity index (χ3v) is 8.25. The molecule has 2 fully saturated rings. The lowest BCUT2D eigenvalue weighted by atomic mass is 9.71. The van der Waals surface area contributed by atoms with E-state index >= 15 is 0 Å². The Hall–Kier alpha value is -2.47. The number of nitrogens with zero attached hydrogens (tertiary/aromatic N) is 2. The quantitative estimate of drug-likeness (QED) is 0.394. The van der Waals surface area contributed by atoms with E-state index < -0.39 is 11.4 Å². The minimum Gasteiger partial charge on any atom is -0.355 e. The Morgan fingerprint density at radius 3 is 2.09 bits per heavy atom. The molecule has 1 amide bonds. The van der Waals surface area contributed by atoms with Gasteiger partial charge < -0.3 is 5.32 Å². The molecule has 3 aromatic rings. The molecule has 2 saturated heterocycles. The second-order valence-corrected chi connectivity index (χ2v) is 10.5. The number of hydrogen-bond acceptors (Lipinski definition) is 3. The van der Waals surface area contributed by atoms with Gasteiger partial charge in [0.1, 0.15) is 0 Å². The van der Waals surface area contributed by atoms with Crippen molar-refractivity contribution in [2.45, 2.75) is 56.1 Å². The summed E-state index contributed by atoms with van der Waals surface area (Å²) < 4.78 is 14.2. The summed E-state index contributed by atoms with van der Waals surface area (Å²) in [6.45, 7) is 1.95. The van der Waals surface area contributed by atoms with Gasteiger partial charge in [-0.05, 0) is 61.1 Å². The standard InChI is InChI=1S/C28H28Cl2FN3O/c1-18(35)32-17-28(25-11-6-12-26(31)33-25)15-19-13-14-20(16-28)34(19)27(21-7-2-4-9-23(21)29)22-8-3-5-10-24(22)30/h2-12,19-20,27H,13-17H2,1H3,(H,32,35)/t19-,20+,28?. The predicted molar refractivity (Wildman–Crippen MR) is 137 cm³/mol. The fourth-order valence-corrected chi connectivity index (χ4v) is 6.60. The van der Waals surface area contributed by atoms with Crippen molar-refractivity contribution in [1.29, 1.82) is 0 Å². The van der Waals surface area contributed by atoms with Gasteiger partial charge in [0.15, 0.2) is 0 Å². The van der Waals surface area contributed by atoms with Crippen molar-refractivity contribution in [2.75, 3.05) is 6.54 Å². The summed E-state index contributed by atoms with van der Waals surface area (Å²) in [6.07, 6.45) is 3.53. The first-order valence-corrected chi connectivity index (χ1v) is 12.8. The molecule has 1 aromatic heterocycles. The highest BCUT2D eigenvalue weighted by atomic mass is 35.5. The summed E-state index contributed by atoms with van der Waals surface area (Å²) in [5.74, 6) is -0.593. The van der Waals surface area contributed by atoms with Crippen molar-refractivity contribution in [3.8, 4) is 0 Å². The van der Waals surface area contributed by atoms with Crippen LogP contribution in [-0.4, -0.2) is 34.4 Å². The Kier molecular flexibility index (Phi) is 6.84. The molecule has 4 nitrogen and oxygen atoms in total. The largest absolute Gasteiger partial charge is 0.355 e.